The normalized spacial score (nSPS) is 11.6. The van der Waals surface area contributed by atoms with Crippen molar-refractivity contribution in [1.82, 2.24) is 10.6 Å². The molecule has 0 radical (unpaired) electrons. The van der Waals surface area contributed by atoms with Gasteiger partial charge < -0.3 is 10.6 Å². The molecule has 0 atom stereocenters. The third-order valence-electron chi connectivity index (χ3n) is 3.76. The van der Waals surface area contributed by atoms with E-state index in [1.54, 1.807) is 36.4 Å². The lowest BCUT2D eigenvalue weighted by molar-refractivity contribution is 0.602. The summed E-state index contributed by atoms with van der Waals surface area (Å²) in [5.41, 5.74) is 1.57. The Bertz CT molecular complexity index is 856. The first kappa shape index (κ1) is 23.4. The largest absolute Gasteiger partial charge is 0.357 e. The third kappa shape index (κ3) is 7.84. The SMILES string of the molecule is CCNC(=NCc1ccc(S(C)(=O)=O)cc1)NCCc1ccccc1F.I. The van der Waals surface area contributed by atoms with Gasteiger partial charge in [0.1, 0.15) is 5.82 Å². The van der Waals surface area contributed by atoms with Crippen molar-refractivity contribution in [2.75, 3.05) is 19.3 Å². The Morgan fingerprint density at radius 2 is 1.74 bits per heavy atom. The van der Waals surface area contributed by atoms with Crippen LogP contribution in [0.5, 0.6) is 0 Å². The van der Waals surface area contributed by atoms with E-state index in [2.05, 4.69) is 15.6 Å². The number of guanidine groups is 1. The van der Waals surface area contributed by atoms with Crippen LogP contribution >= 0.6 is 24.0 Å². The van der Waals surface area contributed by atoms with Gasteiger partial charge in [-0.25, -0.2) is 17.8 Å². The van der Waals surface area contributed by atoms with Crippen molar-refractivity contribution in [2.45, 2.75) is 24.8 Å². The number of nitrogens with one attached hydrogen (secondary N) is 2. The Kier molecular flexibility index (Phi) is 9.71. The lowest BCUT2D eigenvalue weighted by atomic mass is 10.1. The van der Waals surface area contributed by atoms with E-state index in [0.717, 1.165) is 5.56 Å². The van der Waals surface area contributed by atoms with Gasteiger partial charge in [-0.2, -0.15) is 0 Å². The van der Waals surface area contributed by atoms with Crippen LogP contribution in [0, 0.1) is 5.82 Å². The number of benzene rings is 2. The molecular weight excluding hydrogens is 480 g/mol. The molecule has 0 heterocycles. The molecule has 0 amide bonds. The van der Waals surface area contributed by atoms with Crippen molar-refractivity contribution < 1.29 is 12.8 Å². The first-order valence-corrected chi connectivity index (χ1v) is 10.3. The first-order chi connectivity index (χ1) is 12.4. The number of rotatable bonds is 7. The van der Waals surface area contributed by atoms with Crippen molar-refractivity contribution in [1.29, 1.82) is 0 Å². The average molecular weight is 505 g/mol. The minimum atomic E-state index is -3.19. The molecule has 2 N–H and O–H groups in total. The zero-order chi connectivity index (χ0) is 19.0. The van der Waals surface area contributed by atoms with E-state index in [1.807, 2.05) is 13.0 Å². The van der Waals surface area contributed by atoms with Crippen LogP contribution in [0.1, 0.15) is 18.1 Å². The van der Waals surface area contributed by atoms with E-state index >= 15 is 0 Å². The molecule has 0 aliphatic rings. The van der Waals surface area contributed by atoms with E-state index in [1.165, 1.54) is 12.3 Å². The Morgan fingerprint density at radius 1 is 1.07 bits per heavy atom. The summed E-state index contributed by atoms with van der Waals surface area (Å²) in [6.45, 7) is 3.65. The van der Waals surface area contributed by atoms with Gasteiger partial charge in [0.05, 0.1) is 11.4 Å². The highest BCUT2D eigenvalue weighted by Gasteiger charge is 2.06. The molecule has 0 unspecified atom stereocenters. The maximum Gasteiger partial charge on any atom is 0.191 e. The molecule has 0 spiro atoms. The number of hydrogen-bond acceptors (Lipinski definition) is 3. The molecule has 0 fully saturated rings. The smallest absolute Gasteiger partial charge is 0.191 e. The molecule has 0 saturated heterocycles. The van der Waals surface area contributed by atoms with Crippen molar-refractivity contribution >= 4 is 39.8 Å². The minimum Gasteiger partial charge on any atom is -0.357 e. The summed E-state index contributed by atoms with van der Waals surface area (Å²) in [4.78, 5) is 4.77. The summed E-state index contributed by atoms with van der Waals surface area (Å²) < 4.78 is 36.6. The van der Waals surface area contributed by atoms with Gasteiger partial charge in [0.25, 0.3) is 0 Å². The van der Waals surface area contributed by atoms with Crippen LogP contribution in [0.2, 0.25) is 0 Å². The predicted octanol–water partition coefficient (Wildman–Crippen LogP) is 3.15. The second-order valence-corrected chi connectivity index (χ2v) is 7.90. The molecule has 27 heavy (non-hydrogen) atoms. The van der Waals surface area contributed by atoms with Gasteiger partial charge in [-0.3, -0.25) is 0 Å². The monoisotopic (exact) mass is 505 g/mol. The van der Waals surface area contributed by atoms with Gasteiger partial charge in [-0.05, 0) is 42.7 Å². The van der Waals surface area contributed by atoms with Gasteiger partial charge in [0.15, 0.2) is 15.8 Å². The van der Waals surface area contributed by atoms with Crippen LogP contribution < -0.4 is 10.6 Å². The highest BCUT2D eigenvalue weighted by atomic mass is 127. The van der Waals surface area contributed by atoms with E-state index in [0.29, 0.717) is 42.5 Å². The van der Waals surface area contributed by atoms with Crippen LogP contribution in [-0.4, -0.2) is 33.7 Å². The molecule has 2 aromatic rings. The Balaban J connectivity index is 0.00000364. The number of nitrogens with zero attached hydrogens (tertiary/aromatic N) is 1. The van der Waals surface area contributed by atoms with Crippen LogP contribution in [0.25, 0.3) is 0 Å². The minimum absolute atomic E-state index is 0. The van der Waals surface area contributed by atoms with Crippen LogP contribution in [0.3, 0.4) is 0 Å². The first-order valence-electron chi connectivity index (χ1n) is 8.44. The summed E-state index contributed by atoms with van der Waals surface area (Å²) in [5, 5.41) is 6.32. The molecule has 2 aromatic carbocycles. The summed E-state index contributed by atoms with van der Waals surface area (Å²) >= 11 is 0. The molecule has 0 aromatic heterocycles. The second kappa shape index (κ2) is 11.2. The number of hydrogen-bond donors (Lipinski definition) is 2. The Labute approximate surface area is 177 Å². The summed E-state index contributed by atoms with van der Waals surface area (Å²) in [7, 11) is -3.19. The maximum absolute atomic E-state index is 13.6. The second-order valence-electron chi connectivity index (χ2n) is 5.88. The molecule has 0 bridgehead atoms. The summed E-state index contributed by atoms with van der Waals surface area (Å²) in [6, 6.07) is 13.4. The van der Waals surface area contributed by atoms with E-state index in [-0.39, 0.29) is 29.8 Å². The van der Waals surface area contributed by atoms with Crippen LogP contribution in [0.15, 0.2) is 58.4 Å². The van der Waals surface area contributed by atoms with E-state index in [4.69, 9.17) is 0 Å². The Morgan fingerprint density at radius 3 is 2.33 bits per heavy atom. The Hall–Kier alpha value is -1.68. The topological polar surface area (TPSA) is 70.6 Å². The predicted molar refractivity (Wildman–Crippen MR) is 118 cm³/mol. The fraction of sp³-hybridized carbons (Fsp3) is 0.316. The van der Waals surface area contributed by atoms with Gasteiger partial charge in [0, 0.05) is 19.3 Å². The lowest BCUT2D eigenvalue weighted by Gasteiger charge is -2.11. The van der Waals surface area contributed by atoms with Gasteiger partial charge in [0.2, 0.25) is 0 Å². The fourth-order valence-corrected chi connectivity index (χ4v) is 3.00. The summed E-state index contributed by atoms with van der Waals surface area (Å²) in [6.07, 6.45) is 1.74. The molecule has 0 aliphatic carbocycles. The molecule has 148 valence electrons. The summed E-state index contributed by atoms with van der Waals surface area (Å²) in [5.74, 6) is 0.429. The van der Waals surface area contributed by atoms with Crippen molar-refractivity contribution in [3.63, 3.8) is 0 Å². The third-order valence-corrected chi connectivity index (χ3v) is 4.89. The highest BCUT2D eigenvalue weighted by Crippen LogP contribution is 2.11. The highest BCUT2D eigenvalue weighted by molar-refractivity contribution is 14.0. The standard InChI is InChI=1S/C19H24FN3O2S.HI/c1-3-21-19(22-13-12-16-6-4-5-7-18(16)20)23-14-15-8-10-17(11-9-15)26(2,24)25;/h4-11H,3,12-14H2,1-2H3,(H2,21,22,23);1H. The molecule has 8 heteroatoms. The van der Waals surface area contributed by atoms with Crippen LogP contribution in [-0.2, 0) is 22.8 Å². The lowest BCUT2D eigenvalue weighted by Crippen LogP contribution is -2.38. The van der Waals surface area contributed by atoms with Crippen molar-refractivity contribution in [2.24, 2.45) is 4.99 Å². The van der Waals surface area contributed by atoms with Gasteiger partial charge >= 0.3 is 0 Å². The van der Waals surface area contributed by atoms with Crippen molar-refractivity contribution in [3.8, 4) is 0 Å². The number of aliphatic imine (C=N–C) groups is 1. The van der Waals surface area contributed by atoms with E-state index in [9.17, 15) is 12.8 Å². The molecule has 5 nitrogen and oxygen atoms in total. The van der Waals surface area contributed by atoms with E-state index < -0.39 is 9.84 Å². The molecule has 0 saturated carbocycles. The van der Waals surface area contributed by atoms with Gasteiger partial charge in [-0.15, -0.1) is 24.0 Å². The number of halogens is 2. The molecule has 0 aliphatic heterocycles. The average Bonchev–Trinajstić information content (AvgIpc) is 2.61. The maximum atomic E-state index is 13.6. The quantitative estimate of drug-likeness (QED) is 0.345. The molecule has 2 rings (SSSR count). The fourth-order valence-electron chi connectivity index (χ4n) is 2.37. The number of sulfone groups is 1. The van der Waals surface area contributed by atoms with Crippen molar-refractivity contribution in [3.05, 3.63) is 65.5 Å². The van der Waals surface area contributed by atoms with Crippen LogP contribution in [0.4, 0.5) is 4.39 Å². The molecular formula is C19H25FIN3O2S. The zero-order valence-corrected chi connectivity index (χ0v) is 18.6. The zero-order valence-electron chi connectivity index (χ0n) is 15.4. The van der Waals surface area contributed by atoms with Gasteiger partial charge in [-0.1, -0.05) is 30.3 Å².